The van der Waals surface area contributed by atoms with Crippen LogP contribution >= 0.6 is 23.2 Å². The molecule has 1 atom stereocenters. The van der Waals surface area contributed by atoms with E-state index in [1.165, 1.54) is 23.5 Å². The van der Waals surface area contributed by atoms with Crippen molar-refractivity contribution in [1.29, 1.82) is 0 Å². The minimum absolute atomic E-state index is 0.0128. The molecule has 5 nitrogen and oxygen atoms in total. The van der Waals surface area contributed by atoms with Crippen LogP contribution in [0, 0.1) is 0 Å². The van der Waals surface area contributed by atoms with Gasteiger partial charge in [0.15, 0.2) is 0 Å². The molecule has 0 radical (unpaired) electrons. The van der Waals surface area contributed by atoms with Gasteiger partial charge in [-0.2, -0.15) is 4.31 Å². The minimum Gasteiger partial charge on any atom is -0.383 e. The molecular formula is C13H20Cl2N2O3S. The van der Waals surface area contributed by atoms with Crippen LogP contribution < -0.4 is 5.73 Å². The van der Waals surface area contributed by atoms with Crippen molar-refractivity contribution in [2.45, 2.75) is 31.3 Å². The Hall–Kier alpha value is -0.370. The molecular weight excluding hydrogens is 335 g/mol. The number of likely N-dealkylation sites (N-methyl/N-ethyl adjacent to an activating group) is 1. The Morgan fingerprint density at radius 3 is 2.43 bits per heavy atom. The van der Waals surface area contributed by atoms with Crippen molar-refractivity contribution in [2.24, 2.45) is 5.73 Å². The number of rotatable bonds is 7. The number of methoxy groups -OCH3 is 1. The molecule has 0 heterocycles. The number of nitrogens with zero attached hydrogens (tertiary/aromatic N) is 1. The zero-order chi connectivity index (χ0) is 16.2. The second kappa shape index (κ2) is 7.76. The predicted octanol–water partition coefficient (Wildman–Crippen LogP) is 2.50. The molecule has 120 valence electrons. The fourth-order valence-electron chi connectivity index (χ4n) is 2.09. The van der Waals surface area contributed by atoms with Crippen molar-refractivity contribution in [3.05, 3.63) is 27.7 Å². The van der Waals surface area contributed by atoms with E-state index in [2.05, 4.69) is 0 Å². The monoisotopic (exact) mass is 354 g/mol. The highest BCUT2D eigenvalue weighted by molar-refractivity contribution is 7.89. The summed E-state index contributed by atoms with van der Waals surface area (Å²) < 4.78 is 31.9. The molecule has 1 aromatic carbocycles. The van der Waals surface area contributed by atoms with Crippen molar-refractivity contribution >= 4 is 33.2 Å². The van der Waals surface area contributed by atoms with Gasteiger partial charge in [0.1, 0.15) is 4.90 Å². The van der Waals surface area contributed by atoms with Crippen LogP contribution in [0.2, 0.25) is 10.0 Å². The second-order valence-electron chi connectivity index (χ2n) is 4.59. The Morgan fingerprint density at radius 2 is 1.95 bits per heavy atom. The topological polar surface area (TPSA) is 72.6 Å². The summed E-state index contributed by atoms with van der Waals surface area (Å²) >= 11 is 12.0. The summed E-state index contributed by atoms with van der Waals surface area (Å²) in [6.45, 7) is 4.28. The lowest BCUT2D eigenvalue weighted by Crippen LogP contribution is -2.41. The summed E-state index contributed by atoms with van der Waals surface area (Å²) in [5, 5.41) is 0.440. The molecule has 1 unspecified atom stereocenters. The summed E-state index contributed by atoms with van der Waals surface area (Å²) in [6, 6.07) is 2.54. The lowest BCUT2D eigenvalue weighted by Gasteiger charge is -2.27. The summed E-state index contributed by atoms with van der Waals surface area (Å²) in [5.74, 6) is 0. The molecule has 0 saturated carbocycles. The van der Waals surface area contributed by atoms with Crippen LogP contribution in [0.25, 0.3) is 0 Å². The molecule has 1 aromatic rings. The molecule has 0 fully saturated rings. The second-order valence-corrected chi connectivity index (χ2v) is 7.26. The first-order valence-corrected chi connectivity index (χ1v) is 8.67. The zero-order valence-electron chi connectivity index (χ0n) is 12.3. The van der Waals surface area contributed by atoms with Crippen LogP contribution in [0.3, 0.4) is 0 Å². The number of ether oxygens (including phenoxy) is 1. The Labute approximate surface area is 136 Å². The van der Waals surface area contributed by atoms with Gasteiger partial charge in [-0.15, -0.1) is 0 Å². The van der Waals surface area contributed by atoms with E-state index in [1.807, 2.05) is 0 Å². The third kappa shape index (κ3) is 4.09. The largest absolute Gasteiger partial charge is 0.383 e. The maximum atomic E-state index is 12.8. The molecule has 0 bridgehead atoms. The average Bonchev–Trinajstić information content (AvgIpc) is 2.39. The minimum atomic E-state index is -3.75. The number of sulfonamides is 1. The number of halogens is 2. The van der Waals surface area contributed by atoms with Gasteiger partial charge in [-0.1, -0.05) is 30.1 Å². The maximum Gasteiger partial charge on any atom is 0.244 e. The lowest BCUT2D eigenvalue weighted by molar-refractivity contribution is 0.142. The molecule has 0 aliphatic carbocycles. The molecule has 0 amide bonds. The highest BCUT2D eigenvalue weighted by atomic mass is 35.5. The van der Waals surface area contributed by atoms with E-state index in [9.17, 15) is 8.42 Å². The highest BCUT2D eigenvalue weighted by Crippen LogP contribution is 2.31. The SMILES string of the molecule is CCN(C(C)COC)S(=O)(=O)c1cc(CN)c(Cl)cc1Cl. The van der Waals surface area contributed by atoms with E-state index in [0.29, 0.717) is 23.7 Å². The highest BCUT2D eigenvalue weighted by Gasteiger charge is 2.30. The van der Waals surface area contributed by atoms with Gasteiger partial charge < -0.3 is 10.5 Å². The Balaban J connectivity index is 3.35. The summed E-state index contributed by atoms with van der Waals surface area (Å²) in [5.41, 5.74) is 6.11. The predicted molar refractivity (Wildman–Crippen MR) is 85.3 cm³/mol. The standard InChI is InChI=1S/C13H20Cl2N2O3S/c1-4-17(9(2)8-20-3)21(18,19)13-5-10(7-16)11(14)6-12(13)15/h5-6,9H,4,7-8,16H2,1-3H3. The first-order valence-electron chi connectivity index (χ1n) is 6.48. The lowest BCUT2D eigenvalue weighted by atomic mass is 10.2. The van der Waals surface area contributed by atoms with Gasteiger partial charge in [-0.3, -0.25) is 0 Å². The van der Waals surface area contributed by atoms with E-state index < -0.39 is 10.0 Å². The van der Waals surface area contributed by atoms with Gasteiger partial charge in [-0.05, 0) is 24.6 Å². The van der Waals surface area contributed by atoms with E-state index >= 15 is 0 Å². The van der Waals surface area contributed by atoms with Gasteiger partial charge in [0.05, 0.1) is 11.6 Å². The van der Waals surface area contributed by atoms with Crippen LogP contribution in [0.5, 0.6) is 0 Å². The van der Waals surface area contributed by atoms with Crippen molar-refractivity contribution < 1.29 is 13.2 Å². The molecule has 0 spiro atoms. The van der Waals surface area contributed by atoms with Gasteiger partial charge in [0.25, 0.3) is 0 Å². The normalized spacial score (nSPS) is 13.7. The Kier molecular flexibility index (Phi) is 6.90. The van der Waals surface area contributed by atoms with Crippen LogP contribution in [-0.2, 0) is 21.3 Å². The van der Waals surface area contributed by atoms with Crippen LogP contribution in [0.15, 0.2) is 17.0 Å². The van der Waals surface area contributed by atoms with Crippen molar-refractivity contribution in [1.82, 2.24) is 4.31 Å². The number of hydrogen-bond acceptors (Lipinski definition) is 4. The van der Waals surface area contributed by atoms with Gasteiger partial charge in [0.2, 0.25) is 10.0 Å². The van der Waals surface area contributed by atoms with Crippen molar-refractivity contribution in [3.63, 3.8) is 0 Å². The third-order valence-corrected chi connectivity index (χ3v) is 6.02. The fourth-order valence-corrected chi connectivity index (χ4v) is 4.57. The molecule has 0 aromatic heterocycles. The number of hydrogen-bond donors (Lipinski definition) is 1. The number of nitrogens with two attached hydrogens (primary N) is 1. The van der Waals surface area contributed by atoms with E-state index in [0.717, 1.165) is 0 Å². The van der Waals surface area contributed by atoms with Gasteiger partial charge in [-0.25, -0.2) is 8.42 Å². The van der Waals surface area contributed by atoms with Gasteiger partial charge >= 0.3 is 0 Å². The van der Waals surface area contributed by atoms with E-state index in [1.54, 1.807) is 13.8 Å². The molecule has 8 heteroatoms. The zero-order valence-corrected chi connectivity index (χ0v) is 14.6. The molecule has 0 aliphatic rings. The van der Waals surface area contributed by atoms with E-state index in [-0.39, 0.29) is 22.5 Å². The molecule has 0 aliphatic heterocycles. The third-order valence-electron chi connectivity index (χ3n) is 3.12. The van der Waals surface area contributed by atoms with E-state index in [4.69, 9.17) is 33.7 Å². The summed E-state index contributed by atoms with van der Waals surface area (Å²) in [4.78, 5) is 0.0128. The first kappa shape index (κ1) is 18.7. The van der Waals surface area contributed by atoms with Crippen LogP contribution in [0.1, 0.15) is 19.4 Å². The molecule has 1 rings (SSSR count). The quantitative estimate of drug-likeness (QED) is 0.816. The molecule has 2 N–H and O–H groups in total. The Morgan fingerprint density at radius 1 is 1.33 bits per heavy atom. The van der Waals surface area contributed by atoms with Crippen molar-refractivity contribution in [3.8, 4) is 0 Å². The van der Waals surface area contributed by atoms with Crippen molar-refractivity contribution in [2.75, 3.05) is 20.3 Å². The summed E-state index contributed by atoms with van der Waals surface area (Å²) in [6.07, 6.45) is 0. The molecule has 21 heavy (non-hydrogen) atoms. The maximum absolute atomic E-state index is 12.8. The molecule has 0 saturated heterocycles. The Bertz CT molecular complexity index is 593. The smallest absolute Gasteiger partial charge is 0.244 e. The summed E-state index contributed by atoms with van der Waals surface area (Å²) in [7, 11) is -2.22. The fraction of sp³-hybridized carbons (Fsp3) is 0.538. The number of benzene rings is 1. The van der Waals surface area contributed by atoms with Crippen LogP contribution in [0.4, 0.5) is 0 Å². The average molecular weight is 355 g/mol. The van der Waals surface area contributed by atoms with Crippen LogP contribution in [-0.4, -0.2) is 39.0 Å². The first-order chi connectivity index (χ1) is 9.79. The van der Waals surface area contributed by atoms with Gasteiger partial charge in [0, 0.05) is 31.3 Å².